The number of hydrogen-bond acceptors (Lipinski definition) is 2. The van der Waals surface area contributed by atoms with E-state index in [1.54, 1.807) is 30.0 Å². The highest BCUT2D eigenvalue weighted by atomic mass is 32.2. The quantitative estimate of drug-likeness (QED) is 0.563. The Morgan fingerprint density at radius 2 is 1.78 bits per heavy atom. The van der Waals surface area contributed by atoms with E-state index >= 15 is 0 Å². The number of benzene rings is 2. The van der Waals surface area contributed by atoms with Crippen molar-refractivity contribution in [2.24, 2.45) is 0 Å². The molecule has 0 aliphatic heterocycles. The summed E-state index contributed by atoms with van der Waals surface area (Å²) < 4.78 is 26.2. The maximum absolute atomic E-state index is 13.4. The summed E-state index contributed by atoms with van der Waals surface area (Å²) >= 11 is 6.86. The number of hydrogen-bond donors (Lipinski definition) is 2. The van der Waals surface area contributed by atoms with E-state index in [1.165, 1.54) is 18.2 Å². The molecule has 0 spiro atoms. The van der Waals surface area contributed by atoms with Gasteiger partial charge in [-0.1, -0.05) is 18.2 Å². The highest BCUT2D eigenvalue weighted by Crippen LogP contribution is 2.15. The second kappa shape index (κ2) is 9.47. The Hall–Kier alpha value is -1.66. The van der Waals surface area contributed by atoms with Gasteiger partial charge in [0.2, 0.25) is 0 Å². The van der Waals surface area contributed by atoms with Crippen molar-refractivity contribution in [3.05, 3.63) is 65.7 Å². The molecule has 2 aromatic carbocycles. The molecule has 0 radical (unpaired) electrons. The van der Waals surface area contributed by atoms with Gasteiger partial charge in [0.05, 0.1) is 0 Å². The molecule has 2 rings (SSSR count). The largest absolute Gasteiger partial charge is 0.362 e. The first-order valence-electron chi connectivity index (χ1n) is 7.27. The summed E-state index contributed by atoms with van der Waals surface area (Å²) in [7, 11) is 0. The molecule has 23 heavy (non-hydrogen) atoms. The van der Waals surface area contributed by atoms with Crippen molar-refractivity contribution in [2.45, 2.75) is 12.2 Å². The standard InChI is InChI=1S/C17H18F2N2S2/c18-14-6-8-15(9-7-14)21-17(22)20-10-3-11-23-12-13-4-1-2-5-16(13)19/h1-2,4-9H,3,10-12H2,(H2,20,21,22). The van der Waals surface area contributed by atoms with Crippen LogP contribution in [0.5, 0.6) is 0 Å². The molecule has 0 saturated heterocycles. The van der Waals surface area contributed by atoms with E-state index in [9.17, 15) is 8.78 Å². The second-order valence-electron chi connectivity index (χ2n) is 4.89. The highest BCUT2D eigenvalue weighted by Gasteiger charge is 2.01. The van der Waals surface area contributed by atoms with E-state index in [-0.39, 0.29) is 11.6 Å². The number of rotatable bonds is 7. The first-order chi connectivity index (χ1) is 11.1. The van der Waals surface area contributed by atoms with E-state index in [0.29, 0.717) is 10.9 Å². The van der Waals surface area contributed by atoms with Crippen LogP contribution in [0.2, 0.25) is 0 Å². The lowest BCUT2D eigenvalue weighted by Gasteiger charge is -2.10. The molecule has 2 nitrogen and oxygen atoms in total. The van der Waals surface area contributed by atoms with Gasteiger partial charge in [-0.25, -0.2) is 8.78 Å². The van der Waals surface area contributed by atoms with Gasteiger partial charge in [0.15, 0.2) is 5.11 Å². The zero-order valence-corrected chi connectivity index (χ0v) is 14.2. The van der Waals surface area contributed by atoms with Crippen LogP contribution in [0.1, 0.15) is 12.0 Å². The van der Waals surface area contributed by atoms with Gasteiger partial charge in [-0.3, -0.25) is 0 Å². The predicted octanol–water partition coefficient (Wildman–Crippen LogP) is 4.57. The Labute approximate surface area is 144 Å². The van der Waals surface area contributed by atoms with Crippen LogP contribution < -0.4 is 10.6 Å². The predicted molar refractivity (Wildman–Crippen MR) is 97.8 cm³/mol. The summed E-state index contributed by atoms with van der Waals surface area (Å²) in [5.74, 6) is 1.16. The minimum atomic E-state index is -0.277. The van der Waals surface area contributed by atoms with E-state index < -0.39 is 0 Å². The molecule has 0 aliphatic carbocycles. The Balaban J connectivity index is 1.57. The summed E-state index contributed by atoms with van der Waals surface area (Å²) in [6.45, 7) is 0.733. The SMILES string of the molecule is Fc1ccc(NC(=S)NCCCSCc2ccccc2F)cc1. The Kier molecular flexibility index (Phi) is 7.29. The molecule has 0 heterocycles. The van der Waals surface area contributed by atoms with Crippen molar-refractivity contribution in [2.75, 3.05) is 17.6 Å². The van der Waals surface area contributed by atoms with Crippen LogP contribution in [-0.4, -0.2) is 17.4 Å². The van der Waals surface area contributed by atoms with Crippen molar-refractivity contribution >= 4 is 34.8 Å². The molecule has 2 aromatic rings. The Morgan fingerprint density at radius 3 is 2.52 bits per heavy atom. The van der Waals surface area contributed by atoms with Crippen molar-refractivity contribution in [1.82, 2.24) is 5.32 Å². The maximum atomic E-state index is 13.4. The fourth-order valence-corrected chi connectivity index (χ4v) is 3.05. The third-order valence-corrected chi connectivity index (χ3v) is 4.41. The third kappa shape index (κ3) is 6.54. The number of anilines is 1. The molecule has 0 aliphatic rings. The van der Waals surface area contributed by atoms with Gasteiger partial charge in [0.1, 0.15) is 11.6 Å². The first kappa shape index (κ1) is 17.7. The van der Waals surface area contributed by atoms with Gasteiger partial charge in [-0.2, -0.15) is 11.8 Å². The first-order valence-corrected chi connectivity index (χ1v) is 8.83. The van der Waals surface area contributed by atoms with Crippen LogP contribution in [0.15, 0.2) is 48.5 Å². The van der Waals surface area contributed by atoms with Gasteiger partial charge in [-0.15, -0.1) is 0 Å². The molecule has 122 valence electrons. The van der Waals surface area contributed by atoms with Crippen LogP contribution in [-0.2, 0) is 5.75 Å². The molecule has 0 atom stereocenters. The van der Waals surface area contributed by atoms with E-state index in [1.807, 2.05) is 12.1 Å². The normalized spacial score (nSPS) is 10.3. The summed E-state index contributed by atoms with van der Waals surface area (Å²) in [6, 6.07) is 12.9. The van der Waals surface area contributed by atoms with Gasteiger partial charge in [-0.05, 0) is 60.3 Å². The molecule has 0 aromatic heterocycles. The van der Waals surface area contributed by atoms with Gasteiger partial charge < -0.3 is 10.6 Å². The molecular weight excluding hydrogens is 334 g/mol. The van der Waals surface area contributed by atoms with Gasteiger partial charge in [0.25, 0.3) is 0 Å². The fraction of sp³-hybridized carbons (Fsp3) is 0.235. The summed E-state index contributed by atoms with van der Waals surface area (Å²) in [5.41, 5.74) is 1.48. The second-order valence-corrected chi connectivity index (χ2v) is 6.40. The number of thioether (sulfide) groups is 1. The van der Waals surface area contributed by atoms with E-state index in [0.717, 1.165) is 30.0 Å². The zero-order chi connectivity index (χ0) is 16.5. The van der Waals surface area contributed by atoms with Crippen LogP contribution in [0.25, 0.3) is 0 Å². The van der Waals surface area contributed by atoms with Crippen LogP contribution in [0.4, 0.5) is 14.5 Å². The van der Waals surface area contributed by atoms with Crippen LogP contribution in [0, 0.1) is 11.6 Å². The number of halogens is 2. The molecule has 0 saturated carbocycles. The van der Waals surface area contributed by atoms with Gasteiger partial charge >= 0.3 is 0 Å². The summed E-state index contributed by atoms with van der Waals surface area (Å²) in [6.07, 6.45) is 0.921. The molecular formula is C17H18F2N2S2. The molecule has 0 amide bonds. The van der Waals surface area contributed by atoms with Crippen molar-refractivity contribution in [3.63, 3.8) is 0 Å². The van der Waals surface area contributed by atoms with Crippen LogP contribution in [0.3, 0.4) is 0 Å². The molecule has 6 heteroatoms. The van der Waals surface area contributed by atoms with Crippen LogP contribution >= 0.6 is 24.0 Å². The summed E-state index contributed by atoms with van der Waals surface area (Å²) in [4.78, 5) is 0. The monoisotopic (exact) mass is 352 g/mol. The highest BCUT2D eigenvalue weighted by molar-refractivity contribution is 7.98. The molecule has 0 bridgehead atoms. The third-order valence-electron chi connectivity index (χ3n) is 3.07. The fourth-order valence-electron chi connectivity index (χ4n) is 1.88. The minimum absolute atomic E-state index is 0.150. The number of thiocarbonyl (C=S) groups is 1. The van der Waals surface area contributed by atoms with Crippen molar-refractivity contribution in [1.29, 1.82) is 0 Å². The average molecular weight is 352 g/mol. The molecule has 0 unspecified atom stereocenters. The molecule has 2 N–H and O–H groups in total. The Bertz CT molecular complexity index is 633. The minimum Gasteiger partial charge on any atom is -0.362 e. The van der Waals surface area contributed by atoms with Gasteiger partial charge in [0, 0.05) is 18.0 Å². The smallest absolute Gasteiger partial charge is 0.170 e. The number of nitrogens with one attached hydrogen (secondary N) is 2. The summed E-state index contributed by atoms with van der Waals surface area (Å²) in [5, 5.41) is 6.60. The van der Waals surface area contributed by atoms with E-state index in [4.69, 9.17) is 12.2 Å². The maximum Gasteiger partial charge on any atom is 0.170 e. The lowest BCUT2D eigenvalue weighted by atomic mass is 10.2. The lowest BCUT2D eigenvalue weighted by molar-refractivity contribution is 0.617. The van der Waals surface area contributed by atoms with Crippen molar-refractivity contribution in [3.8, 4) is 0 Å². The average Bonchev–Trinajstić information content (AvgIpc) is 2.54. The topological polar surface area (TPSA) is 24.1 Å². The zero-order valence-electron chi connectivity index (χ0n) is 12.5. The molecule has 0 fully saturated rings. The Morgan fingerprint density at radius 1 is 1.04 bits per heavy atom. The lowest BCUT2D eigenvalue weighted by Crippen LogP contribution is -2.29. The van der Waals surface area contributed by atoms with Crippen molar-refractivity contribution < 1.29 is 8.78 Å². The van der Waals surface area contributed by atoms with E-state index in [2.05, 4.69) is 10.6 Å².